The summed E-state index contributed by atoms with van der Waals surface area (Å²) in [6.45, 7) is 0. The van der Waals surface area contributed by atoms with Crippen molar-refractivity contribution in [2.45, 2.75) is 25.2 Å². The standard InChI is InChI=1S/C8H9FN2/c9-8-5-10-4-7(11-8)6-2-1-3-6/h4-6H,1-3H2. The van der Waals surface area contributed by atoms with Gasteiger partial charge in [-0.2, -0.15) is 4.39 Å². The first-order valence-electron chi connectivity index (χ1n) is 3.84. The van der Waals surface area contributed by atoms with Gasteiger partial charge < -0.3 is 0 Å². The molecule has 0 atom stereocenters. The van der Waals surface area contributed by atoms with Crippen LogP contribution < -0.4 is 0 Å². The number of hydrogen-bond acceptors (Lipinski definition) is 2. The molecular formula is C8H9FN2. The Bertz CT molecular complexity index is 258. The van der Waals surface area contributed by atoms with Crippen LogP contribution in [0.25, 0.3) is 0 Å². The predicted octanol–water partition coefficient (Wildman–Crippen LogP) is 1.88. The second kappa shape index (κ2) is 2.57. The summed E-state index contributed by atoms with van der Waals surface area (Å²) in [6, 6.07) is 0. The molecule has 0 aliphatic heterocycles. The van der Waals surface area contributed by atoms with Crippen LogP contribution >= 0.6 is 0 Å². The number of hydrogen-bond donors (Lipinski definition) is 0. The minimum atomic E-state index is -0.464. The molecule has 2 rings (SSSR count). The zero-order valence-corrected chi connectivity index (χ0v) is 6.13. The molecule has 1 saturated carbocycles. The Balaban J connectivity index is 2.23. The summed E-state index contributed by atoms with van der Waals surface area (Å²) in [4.78, 5) is 7.52. The maximum absolute atomic E-state index is 12.5. The van der Waals surface area contributed by atoms with E-state index in [0.29, 0.717) is 5.92 Å². The molecule has 0 amide bonds. The Morgan fingerprint density at radius 3 is 2.73 bits per heavy atom. The van der Waals surface area contributed by atoms with Gasteiger partial charge in [0.2, 0.25) is 5.95 Å². The van der Waals surface area contributed by atoms with Crippen LogP contribution in [0.15, 0.2) is 12.4 Å². The first-order chi connectivity index (χ1) is 5.36. The second-order valence-corrected chi connectivity index (χ2v) is 2.89. The summed E-state index contributed by atoms with van der Waals surface area (Å²) in [7, 11) is 0. The third-order valence-corrected chi connectivity index (χ3v) is 2.15. The molecule has 11 heavy (non-hydrogen) atoms. The molecular weight excluding hydrogens is 143 g/mol. The number of halogens is 1. The lowest BCUT2D eigenvalue weighted by Gasteiger charge is -2.23. The van der Waals surface area contributed by atoms with Crippen LogP contribution in [0.5, 0.6) is 0 Å². The van der Waals surface area contributed by atoms with E-state index in [1.54, 1.807) is 6.20 Å². The molecule has 1 aromatic heterocycles. The predicted molar refractivity (Wildman–Crippen MR) is 38.6 cm³/mol. The van der Waals surface area contributed by atoms with E-state index < -0.39 is 5.95 Å². The molecule has 1 aliphatic carbocycles. The van der Waals surface area contributed by atoms with Crippen LogP contribution in [0.2, 0.25) is 0 Å². The van der Waals surface area contributed by atoms with Crippen molar-refractivity contribution < 1.29 is 4.39 Å². The maximum atomic E-state index is 12.5. The van der Waals surface area contributed by atoms with Crippen LogP contribution in [0, 0.1) is 5.95 Å². The third kappa shape index (κ3) is 1.23. The highest BCUT2D eigenvalue weighted by molar-refractivity contribution is 5.06. The molecule has 3 heteroatoms. The summed E-state index contributed by atoms with van der Waals surface area (Å²) >= 11 is 0. The van der Waals surface area contributed by atoms with Crippen molar-refractivity contribution in [2.24, 2.45) is 0 Å². The molecule has 0 saturated heterocycles. The first kappa shape index (κ1) is 6.70. The Kier molecular flexibility index (Phi) is 1.56. The molecule has 2 nitrogen and oxygen atoms in total. The lowest BCUT2D eigenvalue weighted by Crippen LogP contribution is -2.11. The van der Waals surface area contributed by atoms with E-state index in [0.717, 1.165) is 24.7 Å². The SMILES string of the molecule is Fc1cncc(C2CCC2)n1. The van der Waals surface area contributed by atoms with E-state index in [4.69, 9.17) is 0 Å². The van der Waals surface area contributed by atoms with Crippen molar-refractivity contribution in [3.8, 4) is 0 Å². The van der Waals surface area contributed by atoms with Crippen LogP contribution in [0.4, 0.5) is 4.39 Å². The average Bonchev–Trinajstić information content (AvgIpc) is 1.83. The quantitative estimate of drug-likeness (QED) is 0.614. The molecule has 0 N–H and O–H groups in total. The van der Waals surface area contributed by atoms with Crippen molar-refractivity contribution >= 4 is 0 Å². The van der Waals surface area contributed by atoms with E-state index in [1.165, 1.54) is 6.42 Å². The Morgan fingerprint density at radius 1 is 1.36 bits per heavy atom. The van der Waals surface area contributed by atoms with Gasteiger partial charge in [0.05, 0.1) is 11.9 Å². The second-order valence-electron chi connectivity index (χ2n) is 2.89. The van der Waals surface area contributed by atoms with Gasteiger partial charge in [-0.25, -0.2) is 4.98 Å². The topological polar surface area (TPSA) is 25.8 Å². The van der Waals surface area contributed by atoms with Gasteiger partial charge in [0.1, 0.15) is 0 Å². The van der Waals surface area contributed by atoms with Gasteiger partial charge in [-0.15, -0.1) is 0 Å². The fraction of sp³-hybridized carbons (Fsp3) is 0.500. The van der Waals surface area contributed by atoms with Gasteiger partial charge in [-0.1, -0.05) is 6.42 Å². The smallest absolute Gasteiger partial charge is 0.231 e. The molecule has 0 bridgehead atoms. The lowest BCUT2D eigenvalue weighted by atomic mass is 9.83. The van der Waals surface area contributed by atoms with Gasteiger partial charge in [0.15, 0.2) is 0 Å². The van der Waals surface area contributed by atoms with Crippen molar-refractivity contribution in [2.75, 3.05) is 0 Å². The van der Waals surface area contributed by atoms with Crippen molar-refractivity contribution in [3.05, 3.63) is 24.0 Å². The summed E-state index contributed by atoms with van der Waals surface area (Å²) in [5.74, 6) is 0.00704. The Morgan fingerprint density at radius 2 is 2.18 bits per heavy atom. The zero-order chi connectivity index (χ0) is 7.68. The van der Waals surface area contributed by atoms with Crippen LogP contribution in [0.3, 0.4) is 0 Å². The fourth-order valence-electron chi connectivity index (χ4n) is 1.26. The Hall–Kier alpha value is -0.990. The summed E-state index contributed by atoms with van der Waals surface area (Å²) in [5.41, 5.74) is 0.816. The first-order valence-corrected chi connectivity index (χ1v) is 3.84. The molecule has 0 unspecified atom stereocenters. The molecule has 1 aromatic rings. The van der Waals surface area contributed by atoms with Gasteiger partial charge in [0.25, 0.3) is 0 Å². The summed E-state index contributed by atoms with van der Waals surface area (Å²) in [5, 5.41) is 0. The molecule has 0 radical (unpaired) electrons. The zero-order valence-electron chi connectivity index (χ0n) is 6.13. The minimum Gasteiger partial charge on any atom is -0.258 e. The number of aromatic nitrogens is 2. The van der Waals surface area contributed by atoms with E-state index >= 15 is 0 Å². The molecule has 1 fully saturated rings. The van der Waals surface area contributed by atoms with Gasteiger partial charge >= 0.3 is 0 Å². The van der Waals surface area contributed by atoms with E-state index in [1.807, 2.05) is 0 Å². The molecule has 0 spiro atoms. The largest absolute Gasteiger partial charge is 0.258 e. The molecule has 58 valence electrons. The number of rotatable bonds is 1. The Labute approximate surface area is 64.5 Å². The fourth-order valence-corrected chi connectivity index (χ4v) is 1.26. The van der Waals surface area contributed by atoms with Gasteiger partial charge in [0, 0.05) is 12.1 Å². The van der Waals surface area contributed by atoms with Crippen molar-refractivity contribution in [1.82, 2.24) is 9.97 Å². The maximum Gasteiger partial charge on any atom is 0.231 e. The highest BCUT2D eigenvalue weighted by Gasteiger charge is 2.21. The minimum absolute atomic E-state index is 0.464. The molecule has 0 aromatic carbocycles. The van der Waals surface area contributed by atoms with Gasteiger partial charge in [-0.3, -0.25) is 4.98 Å². The lowest BCUT2D eigenvalue weighted by molar-refractivity contribution is 0.403. The third-order valence-electron chi connectivity index (χ3n) is 2.15. The monoisotopic (exact) mass is 152 g/mol. The van der Waals surface area contributed by atoms with Gasteiger partial charge in [-0.05, 0) is 12.8 Å². The van der Waals surface area contributed by atoms with Crippen molar-refractivity contribution in [1.29, 1.82) is 0 Å². The van der Waals surface area contributed by atoms with E-state index in [9.17, 15) is 4.39 Å². The highest BCUT2D eigenvalue weighted by Crippen LogP contribution is 2.34. The molecule has 1 aliphatic rings. The normalized spacial score (nSPS) is 17.9. The average molecular weight is 152 g/mol. The molecule has 1 heterocycles. The van der Waals surface area contributed by atoms with Crippen LogP contribution in [-0.4, -0.2) is 9.97 Å². The van der Waals surface area contributed by atoms with E-state index in [2.05, 4.69) is 9.97 Å². The van der Waals surface area contributed by atoms with Crippen LogP contribution in [0.1, 0.15) is 30.9 Å². The highest BCUT2D eigenvalue weighted by atomic mass is 19.1. The van der Waals surface area contributed by atoms with Crippen LogP contribution in [-0.2, 0) is 0 Å². The van der Waals surface area contributed by atoms with Crippen molar-refractivity contribution in [3.63, 3.8) is 0 Å². The summed E-state index contributed by atoms with van der Waals surface area (Å²) < 4.78 is 12.5. The number of nitrogens with zero attached hydrogens (tertiary/aromatic N) is 2. The summed E-state index contributed by atoms with van der Waals surface area (Å²) in [6.07, 6.45) is 6.31. The van der Waals surface area contributed by atoms with E-state index in [-0.39, 0.29) is 0 Å².